The Labute approximate surface area is 103 Å². The smallest absolute Gasteiger partial charge is 0.307 e. The average molecular weight is 245 g/mol. The molecule has 1 heterocycles. The van der Waals surface area contributed by atoms with E-state index < -0.39 is 5.60 Å². The second kappa shape index (κ2) is 6.33. The van der Waals surface area contributed by atoms with E-state index in [4.69, 9.17) is 14.6 Å². The molecule has 0 radical (unpaired) electrons. The molecule has 17 heavy (non-hydrogen) atoms. The van der Waals surface area contributed by atoms with Gasteiger partial charge in [0.2, 0.25) is 0 Å². The second-order valence-electron chi connectivity index (χ2n) is 5.31. The maximum atomic E-state index is 11.5. The minimum absolute atomic E-state index is 0.0307. The Hall–Kier alpha value is -0.650. The predicted molar refractivity (Wildman–Crippen MR) is 63.7 cm³/mol. The molecule has 5 heteroatoms. The summed E-state index contributed by atoms with van der Waals surface area (Å²) < 4.78 is 10.6. The number of aliphatic hydroxyl groups excluding tert-OH is 1. The molecule has 0 aromatic heterocycles. The molecule has 0 amide bonds. The summed E-state index contributed by atoms with van der Waals surface area (Å²) >= 11 is 0. The number of aliphatic hydroxyl groups is 1. The normalized spacial score (nSPS) is 22.5. The van der Waals surface area contributed by atoms with Crippen LogP contribution in [0.5, 0.6) is 0 Å². The van der Waals surface area contributed by atoms with Crippen LogP contribution in [0.3, 0.4) is 0 Å². The lowest BCUT2D eigenvalue weighted by Crippen LogP contribution is -2.44. The van der Waals surface area contributed by atoms with Gasteiger partial charge in [-0.25, -0.2) is 0 Å². The molecule has 0 aromatic rings. The van der Waals surface area contributed by atoms with Crippen molar-refractivity contribution in [1.82, 2.24) is 4.90 Å². The van der Waals surface area contributed by atoms with Crippen molar-refractivity contribution >= 4 is 5.97 Å². The van der Waals surface area contributed by atoms with Crippen LogP contribution < -0.4 is 0 Å². The van der Waals surface area contributed by atoms with Gasteiger partial charge in [-0.2, -0.15) is 0 Å². The van der Waals surface area contributed by atoms with Crippen molar-refractivity contribution in [2.24, 2.45) is 0 Å². The number of morpholine rings is 1. The summed E-state index contributed by atoms with van der Waals surface area (Å²) in [5, 5.41) is 9.00. The van der Waals surface area contributed by atoms with Crippen molar-refractivity contribution in [3.8, 4) is 0 Å². The highest BCUT2D eigenvalue weighted by Gasteiger charge is 2.21. The molecular formula is C12H23NO4. The number of nitrogens with zero attached hydrogens (tertiary/aromatic N) is 1. The van der Waals surface area contributed by atoms with Gasteiger partial charge >= 0.3 is 5.97 Å². The lowest BCUT2D eigenvalue weighted by Gasteiger charge is -2.31. The van der Waals surface area contributed by atoms with E-state index in [9.17, 15) is 4.79 Å². The molecule has 1 aliphatic rings. The van der Waals surface area contributed by atoms with Gasteiger partial charge in [-0.05, 0) is 20.8 Å². The molecule has 0 aliphatic carbocycles. The number of hydrogen-bond acceptors (Lipinski definition) is 5. The van der Waals surface area contributed by atoms with Crippen molar-refractivity contribution in [2.75, 3.05) is 32.8 Å². The summed E-state index contributed by atoms with van der Waals surface area (Å²) in [5.41, 5.74) is -0.421. The Kier molecular flexibility index (Phi) is 5.36. The fraction of sp³-hybridized carbons (Fsp3) is 0.917. The first-order valence-corrected chi connectivity index (χ1v) is 6.07. The Bertz CT molecular complexity index is 249. The fourth-order valence-electron chi connectivity index (χ4n) is 1.74. The minimum atomic E-state index is -0.421. The predicted octanol–water partition coefficient (Wildman–Crippen LogP) is 0.411. The molecule has 0 bridgehead atoms. The van der Waals surface area contributed by atoms with Gasteiger partial charge in [0.15, 0.2) is 0 Å². The number of carbonyl (C=O) groups is 1. The highest BCUT2D eigenvalue weighted by Crippen LogP contribution is 2.10. The third-order valence-electron chi connectivity index (χ3n) is 2.48. The summed E-state index contributed by atoms with van der Waals surface area (Å²) in [7, 11) is 0. The summed E-state index contributed by atoms with van der Waals surface area (Å²) in [6.07, 6.45) is 0.262. The molecule has 100 valence electrons. The van der Waals surface area contributed by atoms with Crippen LogP contribution in [0, 0.1) is 0 Å². The van der Waals surface area contributed by atoms with Crippen LogP contribution in [0.25, 0.3) is 0 Å². The monoisotopic (exact) mass is 245 g/mol. The Balaban J connectivity index is 2.23. The largest absolute Gasteiger partial charge is 0.460 e. The van der Waals surface area contributed by atoms with Crippen LogP contribution in [-0.4, -0.2) is 60.5 Å². The van der Waals surface area contributed by atoms with E-state index in [1.165, 1.54) is 0 Å². The van der Waals surface area contributed by atoms with Crippen LogP contribution in [-0.2, 0) is 14.3 Å². The zero-order valence-electron chi connectivity index (χ0n) is 10.9. The Morgan fingerprint density at radius 1 is 1.53 bits per heavy atom. The molecular weight excluding hydrogens is 222 g/mol. The topological polar surface area (TPSA) is 59.0 Å². The van der Waals surface area contributed by atoms with E-state index >= 15 is 0 Å². The first-order valence-electron chi connectivity index (χ1n) is 6.07. The number of ether oxygens (including phenoxy) is 2. The average Bonchev–Trinajstić information content (AvgIpc) is 2.24. The molecule has 1 atom stereocenters. The maximum Gasteiger partial charge on any atom is 0.307 e. The third kappa shape index (κ3) is 6.00. The Morgan fingerprint density at radius 3 is 2.82 bits per heavy atom. The van der Waals surface area contributed by atoms with Crippen molar-refractivity contribution in [3.63, 3.8) is 0 Å². The highest BCUT2D eigenvalue weighted by atomic mass is 16.6. The first kappa shape index (κ1) is 14.4. The zero-order valence-corrected chi connectivity index (χ0v) is 10.9. The van der Waals surface area contributed by atoms with Gasteiger partial charge in [0, 0.05) is 19.6 Å². The van der Waals surface area contributed by atoms with Crippen LogP contribution in [0.2, 0.25) is 0 Å². The molecule has 1 fully saturated rings. The molecule has 0 aromatic carbocycles. The number of rotatable bonds is 4. The van der Waals surface area contributed by atoms with E-state index in [1.54, 1.807) is 0 Å². The summed E-state index contributed by atoms with van der Waals surface area (Å²) in [6.45, 7) is 8.38. The Morgan fingerprint density at radius 2 is 2.24 bits per heavy atom. The summed E-state index contributed by atoms with van der Waals surface area (Å²) in [6, 6.07) is 0. The number of carbonyl (C=O) groups excluding carboxylic acids is 1. The molecule has 0 saturated carbocycles. The molecule has 1 saturated heterocycles. The lowest BCUT2D eigenvalue weighted by molar-refractivity contribution is -0.155. The van der Waals surface area contributed by atoms with Gasteiger partial charge in [-0.1, -0.05) is 0 Å². The van der Waals surface area contributed by atoms with Crippen molar-refractivity contribution in [2.45, 2.75) is 38.9 Å². The highest BCUT2D eigenvalue weighted by molar-refractivity contribution is 5.70. The van der Waals surface area contributed by atoms with Crippen molar-refractivity contribution in [3.05, 3.63) is 0 Å². The summed E-state index contributed by atoms with van der Waals surface area (Å²) in [5.74, 6) is -0.176. The number of hydrogen-bond donors (Lipinski definition) is 1. The first-order chi connectivity index (χ1) is 7.90. The molecule has 1 aliphatic heterocycles. The summed E-state index contributed by atoms with van der Waals surface area (Å²) in [4.78, 5) is 13.6. The van der Waals surface area contributed by atoms with Crippen LogP contribution in [0.4, 0.5) is 0 Å². The number of esters is 1. The van der Waals surface area contributed by atoms with Crippen LogP contribution in [0.1, 0.15) is 27.2 Å². The molecule has 5 nitrogen and oxygen atoms in total. The fourth-order valence-corrected chi connectivity index (χ4v) is 1.74. The molecule has 1 N–H and O–H groups in total. The van der Waals surface area contributed by atoms with Gasteiger partial charge in [0.05, 0.1) is 25.7 Å². The SMILES string of the molecule is CC(C)(C)OC(=O)CCN1CCOC(CO)C1. The third-order valence-corrected chi connectivity index (χ3v) is 2.48. The van der Waals surface area contributed by atoms with Gasteiger partial charge < -0.3 is 14.6 Å². The zero-order chi connectivity index (χ0) is 12.9. The lowest BCUT2D eigenvalue weighted by atomic mass is 10.2. The van der Waals surface area contributed by atoms with E-state index in [1.807, 2.05) is 20.8 Å². The minimum Gasteiger partial charge on any atom is -0.460 e. The van der Waals surface area contributed by atoms with Crippen molar-refractivity contribution < 1.29 is 19.4 Å². The van der Waals surface area contributed by atoms with E-state index in [2.05, 4.69) is 4.90 Å². The second-order valence-corrected chi connectivity index (χ2v) is 5.31. The van der Waals surface area contributed by atoms with Gasteiger partial charge in [-0.3, -0.25) is 9.69 Å². The van der Waals surface area contributed by atoms with Crippen LogP contribution in [0.15, 0.2) is 0 Å². The van der Waals surface area contributed by atoms with E-state index in [-0.39, 0.29) is 18.7 Å². The van der Waals surface area contributed by atoms with Gasteiger partial charge in [-0.15, -0.1) is 0 Å². The molecule has 1 unspecified atom stereocenters. The van der Waals surface area contributed by atoms with E-state index in [0.717, 1.165) is 6.54 Å². The standard InChI is InChI=1S/C12H23NO4/c1-12(2,3)17-11(15)4-5-13-6-7-16-10(8-13)9-14/h10,14H,4-9H2,1-3H3. The quantitative estimate of drug-likeness (QED) is 0.727. The maximum absolute atomic E-state index is 11.5. The van der Waals surface area contributed by atoms with Gasteiger partial charge in [0.25, 0.3) is 0 Å². The molecule has 1 rings (SSSR count). The van der Waals surface area contributed by atoms with Gasteiger partial charge in [0.1, 0.15) is 5.60 Å². The molecule has 0 spiro atoms. The van der Waals surface area contributed by atoms with E-state index in [0.29, 0.717) is 26.1 Å². The van der Waals surface area contributed by atoms with Crippen LogP contribution >= 0.6 is 0 Å². The van der Waals surface area contributed by atoms with Crippen molar-refractivity contribution in [1.29, 1.82) is 0 Å².